The lowest BCUT2D eigenvalue weighted by Gasteiger charge is -2.29. The molecule has 0 bridgehead atoms. The van der Waals surface area contributed by atoms with E-state index in [-0.39, 0.29) is 6.10 Å². The van der Waals surface area contributed by atoms with Gasteiger partial charge in [-0.2, -0.15) is 0 Å². The fourth-order valence-electron chi connectivity index (χ4n) is 3.27. The SMILES string of the molecule is CCCCC1COC(CCc2c(Cl)cc(Cl)cc2Cl)(Cn2ccnc2)O1. The molecule has 2 heterocycles. The van der Waals surface area contributed by atoms with Gasteiger partial charge in [0.15, 0.2) is 5.79 Å². The van der Waals surface area contributed by atoms with Gasteiger partial charge in [0.25, 0.3) is 0 Å². The first kappa shape index (κ1) is 20.0. The number of benzene rings is 1. The monoisotopic (exact) mass is 416 g/mol. The van der Waals surface area contributed by atoms with Gasteiger partial charge in [-0.25, -0.2) is 4.98 Å². The Morgan fingerprint density at radius 3 is 2.69 bits per heavy atom. The molecule has 3 rings (SSSR count). The third-order valence-corrected chi connectivity index (χ3v) is 5.53. The Morgan fingerprint density at radius 2 is 2.04 bits per heavy atom. The van der Waals surface area contributed by atoms with Crippen LogP contribution in [0.1, 0.15) is 38.2 Å². The van der Waals surface area contributed by atoms with Crippen molar-refractivity contribution in [2.24, 2.45) is 0 Å². The maximum atomic E-state index is 6.37. The number of hydrogen-bond acceptors (Lipinski definition) is 3. The summed E-state index contributed by atoms with van der Waals surface area (Å²) >= 11 is 18.7. The summed E-state index contributed by atoms with van der Waals surface area (Å²) in [5.74, 6) is -0.703. The third-order valence-electron chi connectivity index (χ3n) is 4.64. The van der Waals surface area contributed by atoms with Crippen molar-refractivity contribution < 1.29 is 9.47 Å². The Balaban J connectivity index is 1.74. The summed E-state index contributed by atoms with van der Waals surface area (Å²) in [6.07, 6.45) is 10.1. The van der Waals surface area contributed by atoms with Gasteiger partial charge in [0.1, 0.15) is 0 Å². The third kappa shape index (κ3) is 4.93. The van der Waals surface area contributed by atoms with Crippen LogP contribution in [0.4, 0.5) is 0 Å². The second kappa shape index (κ2) is 8.94. The van der Waals surface area contributed by atoms with Gasteiger partial charge < -0.3 is 14.0 Å². The van der Waals surface area contributed by atoms with Crippen LogP contribution in [-0.2, 0) is 22.4 Å². The molecule has 0 radical (unpaired) electrons. The molecular formula is C19H23Cl3N2O2. The van der Waals surface area contributed by atoms with Crippen LogP contribution in [0.25, 0.3) is 0 Å². The minimum Gasteiger partial charge on any atom is -0.345 e. The summed E-state index contributed by atoms with van der Waals surface area (Å²) in [7, 11) is 0. The molecule has 0 N–H and O–H groups in total. The van der Waals surface area contributed by atoms with Crippen LogP contribution in [0.3, 0.4) is 0 Å². The lowest BCUT2D eigenvalue weighted by atomic mass is 10.0. The Labute approximate surface area is 169 Å². The first-order valence-electron chi connectivity index (χ1n) is 8.92. The van der Waals surface area contributed by atoms with Gasteiger partial charge >= 0.3 is 0 Å². The van der Waals surface area contributed by atoms with Crippen molar-refractivity contribution >= 4 is 34.8 Å². The van der Waals surface area contributed by atoms with Crippen molar-refractivity contribution in [3.05, 3.63) is 51.5 Å². The van der Waals surface area contributed by atoms with Crippen molar-refractivity contribution in [1.82, 2.24) is 9.55 Å². The van der Waals surface area contributed by atoms with E-state index in [2.05, 4.69) is 11.9 Å². The van der Waals surface area contributed by atoms with Gasteiger partial charge in [-0.3, -0.25) is 0 Å². The zero-order valence-corrected chi connectivity index (χ0v) is 17.0. The van der Waals surface area contributed by atoms with E-state index in [4.69, 9.17) is 44.3 Å². The molecule has 0 amide bonds. The number of halogens is 3. The average molecular weight is 418 g/mol. The van der Waals surface area contributed by atoms with E-state index in [0.717, 1.165) is 24.8 Å². The highest BCUT2D eigenvalue weighted by molar-refractivity contribution is 6.39. The Bertz CT molecular complexity index is 701. The predicted octanol–water partition coefficient (Wildman–Crippen LogP) is 5.78. The minimum absolute atomic E-state index is 0.120. The van der Waals surface area contributed by atoms with Crippen LogP contribution in [0, 0.1) is 0 Å². The van der Waals surface area contributed by atoms with Gasteiger partial charge in [0.05, 0.1) is 25.6 Å². The van der Waals surface area contributed by atoms with E-state index in [1.165, 1.54) is 0 Å². The number of hydrogen-bond donors (Lipinski definition) is 0. The molecular weight excluding hydrogens is 395 g/mol. The highest BCUT2D eigenvalue weighted by Gasteiger charge is 2.41. The minimum atomic E-state index is -0.703. The Hall–Kier alpha value is -0.780. The maximum Gasteiger partial charge on any atom is 0.187 e. The lowest BCUT2D eigenvalue weighted by Crippen LogP contribution is -2.36. The summed E-state index contributed by atoms with van der Waals surface area (Å²) in [5, 5.41) is 1.67. The number of imidazole rings is 1. The second-order valence-corrected chi connectivity index (χ2v) is 7.94. The molecule has 1 saturated heterocycles. The summed E-state index contributed by atoms with van der Waals surface area (Å²) < 4.78 is 14.5. The largest absolute Gasteiger partial charge is 0.345 e. The zero-order chi connectivity index (χ0) is 18.6. The summed E-state index contributed by atoms with van der Waals surface area (Å²) in [4.78, 5) is 4.12. The van der Waals surface area contributed by atoms with Crippen molar-refractivity contribution in [2.45, 2.75) is 57.5 Å². The normalized spacial score (nSPS) is 22.8. The van der Waals surface area contributed by atoms with E-state index in [9.17, 15) is 0 Å². The first-order valence-corrected chi connectivity index (χ1v) is 10.1. The fourth-order valence-corrected chi connectivity index (χ4v) is 4.27. The highest BCUT2D eigenvalue weighted by atomic mass is 35.5. The standard InChI is InChI=1S/C19H23Cl3N2O2/c1-2-3-4-15-11-25-19(26-15,12-24-8-7-23-13-24)6-5-16-17(21)9-14(20)10-18(16)22/h7-10,13,15H,2-6,11-12H2,1H3. The molecule has 1 aromatic heterocycles. The number of nitrogens with zero attached hydrogens (tertiary/aromatic N) is 2. The van der Waals surface area contributed by atoms with Crippen molar-refractivity contribution in [3.63, 3.8) is 0 Å². The highest BCUT2D eigenvalue weighted by Crippen LogP contribution is 2.36. The van der Waals surface area contributed by atoms with Gasteiger partial charge in [0, 0.05) is 33.9 Å². The van der Waals surface area contributed by atoms with Crippen LogP contribution in [0.15, 0.2) is 30.9 Å². The molecule has 1 fully saturated rings. The maximum absolute atomic E-state index is 6.37. The Kier molecular flexibility index (Phi) is 6.87. The number of aromatic nitrogens is 2. The molecule has 4 nitrogen and oxygen atoms in total. The van der Waals surface area contributed by atoms with Gasteiger partial charge in [-0.1, -0.05) is 54.6 Å². The van der Waals surface area contributed by atoms with Crippen LogP contribution in [0.2, 0.25) is 15.1 Å². The topological polar surface area (TPSA) is 36.3 Å². The smallest absolute Gasteiger partial charge is 0.187 e. The summed E-state index contributed by atoms with van der Waals surface area (Å²) in [6.45, 7) is 3.37. The molecule has 2 unspecified atom stereocenters. The lowest BCUT2D eigenvalue weighted by molar-refractivity contribution is -0.182. The number of unbranched alkanes of at least 4 members (excludes halogenated alkanes) is 1. The molecule has 1 aliphatic rings. The predicted molar refractivity (Wildman–Crippen MR) is 105 cm³/mol. The van der Waals surface area contributed by atoms with E-state index >= 15 is 0 Å². The number of ether oxygens (including phenoxy) is 2. The molecule has 0 aliphatic carbocycles. The van der Waals surface area contributed by atoms with Gasteiger partial charge in [-0.05, 0) is 30.5 Å². The van der Waals surface area contributed by atoms with Gasteiger partial charge in [0.2, 0.25) is 0 Å². The van der Waals surface area contributed by atoms with E-state index in [1.54, 1.807) is 24.7 Å². The van der Waals surface area contributed by atoms with Gasteiger partial charge in [-0.15, -0.1) is 0 Å². The molecule has 1 aliphatic heterocycles. The summed E-state index contributed by atoms with van der Waals surface area (Å²) in [5.41, 5.74) is 0.868. The Morgan fingerprint density at radius 1 is 1.27 bits per heavy atom. The van der Waals surface area contributed by atoms with E-state index in [0.29, 0.717) is 41.1 Å². The van der Waals surface area contributed by atoms with E-state index < -0.39 is 5.79 Å². The number of rotatable bonds is 8. The van der Waals surface area contributed by atoms with Crippen LogP contribution >= 0.6 is 34.8 Å². The van der Waals surface area contributed by atoms with Crippen LogP contribution < -0.4 is 0 Å². The molecule has 7 heteroatoms. The van der Waals surface area contributed by atoms with Crippen molar-refractivity contribution in [3.8, 4) is 0 Å². The van der Waals surface area contributed by atoms with Crippen LogP contribution in [-0.4, -0.2) is 28.0 Å². The molecule has 0 spiro atoms. The molecule has 0 saturated carbocycles. The average Bonchev–Trinajstić information content (AvgIpc) is 3.23. The quantitative estimate of drug-likeness (QED) is 0.546. The van der Waals surface area contributed by atoms with Crippen molar-refractivity contribution in [2.75, 3.05) is 6.61 Å². The van der Waals surface area contributed by atoms with Crippen LogP contribution in [0.5, 0.6) is 0 Å². The van der Waals surface area contributed by atoms with E-state index in [1.807, 2.05) is 10.8 Å². The molecule has 26 heavy (non-hydrogen) atoms. The first-order chi connectivity index (χ1) is 12.5. The second-order valence-electron chi connectivity index (χ2n) is 6.69. The fraction of sp³-hybridized carbons (Fsp3) is 0.526. The summed E-state index contributed by atoms with van der Waals surface area (Å²) in [6, 6.07) is 3.43. The molecule has 142 valence electrons. The molecule has 1 aromatic carbocycles. The van der Waals surface area contributed by atoms with Crippen molar-refractivity contribution in [1.29, 1.82) is 0 Å². The molecule has 2 atom stereocenters. The zero-order valence-electron chi connectivity index (χ0n) is 14.8. The molecule has 2 aromatic rings.